The Morgan fingerprint density at radius 3 is 2.24 bits per heavy atom. The number of amides is 2. The second-order valence-electron chi connectivity index (χ2n) is 10.5. The number of hydrogen-bond acceptors (Lipinski definition) is 6. The molecule has 8 heteroatoms. The first-order valence-corrected chi connectivity index (χ1v) is 12.8. The molecule has 2 aromatic carbocycles. The van der Waals surface area contributed by atoms with E-state index in [2.05, 4.69) is 11.4 Å². The van der Waals surface area contributed by atoms with Gasteiger partial charge < -0.3 is 5.11 Å². The molecule has 0 aromatic heterocycles. The highest BCUT2D eigenvalue weighted by molar-refractivity contribution is 6.24. The van der Waals surface area contributed by atoms with E-state index >= 15 is 0 Å². The molecule has 1 saturated carbocycles. The van der Waals surface area contributed by atoms with Crippen molar-refractivity contribution in [2.24, 2.45) is 17.8 Å². The molecule has 2 aliphatic heterocycles. The third kappa shape index (κ3) is 4.13. The fraction of sp³-hybridized carbons (Fsp3) is 0.414. The van der Waals surface area contributed by atoms with Crippen LogP contribution < -0.4 is 10.2 Å². The summed E-state index contributed by atoms with van der Waals surface area (Å²) in [5.41, 5.74) is 0.301. The summed E-state index contributed by atoms with van der Waals surface area (Å²) >= 11 is 0. The predicted molar refractivity (Wildman–Crippen MR) is 135 cm³/mol. The van der Waals surface area contributed by atoms with Crippen molar-refractivity contribution in [1.82, 2.24) is 5.32 Å². The van der Waals surface area contributed by atoms with Crippen LogP contribution in [-0.2, 0) is 14.4 Å². The first kappa shape index (κ1) is 24.8. The fourth-order valence-corrected chi connectivity index (χ4v) is 6.47. The van der Waals surface area contributed by atoms with E-state index in [1.807, 2.05) is 0 Å². The number of nitrogens with one attached hydrogen (secondary N) is 1. The summed E-state index contributed by atoms with van der Waals surface area (Å²) in [7, 11) is 0. The van der Waals surface area contributed by atoms with Gasteiger partial charge in [-0.3, -0.25) is 24.5 Å². The number of hydrogen-bond donors (Lipinski definition) is 2. The molecule has 0 bridgehead atoms. The zero-order valence-corrected chi connectivity index (χ0v) is 20.6. The van der Waals surface area contributed by atoms with Crippen LogP contribution in [0.3, 0.4) is 0 Å². The summed E-state index contributed by atoms with van der Waals surface area (Å²) in [6.45, 7) is 1.44. The molecule has 8 nitrogen and oxygen atoms in total. The SMILES string of the molecule is CC(=O)c1ccc(N2C(=O)C3C(c4ccc(C#N)cc4)NC(CC4CCCCC4)(C(=O)O)C3C2=O)cc1. The topological polar surface area (TPSA) is 128 Å². The number of nitriles is 1. The summed E-state index contributed by atoms with van der Waals surface area (Å²) in [5.74, 6) is -4.10. The van der Waals surface area contributed by atoms with Gasteiger partial charge in [-0.1, -0.05) is 44.2 Å². The number of aliphatic carboxylic acids is 1. The van der Waals surface area contributed by atoms with Gasteiger partial charge in [0, 0.05) is 11.6 Å². The number of nitrogens with zero attached hydrogens (tertiary/aromatic N) is 2. The van der Waals surface area contributed by atoms with Gasteiger partial charge >= 0.3 is 5.97 Å². The number of carbonyl (C=O) groups excluding carboxylic acids is 3. The summed E-state index contributed by atoms with van der Waals surface area (Å²) in [6.07, 6.45) is 5.23. The van der Waals surface area contributed by atoms with Crippen LogP contribution in [0.2, 0.25) is 0 Å². The molecule has 4 atom stereocenters. The number of anilines is 1. The number of carboxylic acid groups (broad SMARTS) is 1. The van der Waals surface area contributed by atoms with Crippen LogP contribution in [0.4, 0.5) is 5.69 Å². The highest BCUT2D eigenvalue weighted by atomic mass is 16.4. The molecule has 2 amide bonds. The minimum Gasteiger partial charge on any atom is -0.480 e. The molecule has 0 radical (unpaired) electrons. The van der Waals surface area contributed by atoms with Crippen LogP contribution in [0, 0.1) is 29.1 Å². The first-order valence-electron chi connectivity index (χ1n) is 12.8. The van der Waals surface area contributed by atoms with Gasteiger partial charge in [0.05, 0.1) is 29.2 Å². The molecule has 190 valence electrons. The third-order valence-electron chi connectivity index (χ3n) is 8.30. The number of carboxylic acids is 1. The minimum atomic E-state index is -1.59. The second kappa shape index (κ2) is 9.56. The predicted octanol–water partition coefficient (Wildman–Crippen LogP) is 4.00. The van der Waals surface area contributed by atoms with Crippen molar-refractivity contribution < 1.29 is 24.3 Å². The van der Waals surface area contributed by atoms with E-state index < -0.39 is 41.2 Å². The minimum absolute atomic E-state index is 0.134. The second-order valence-corrected chi connectivity index (χ2v) is 10.5. The lowest BCUT2D eigenvalue weighted by molar-refractivity contribution is -0.150. The number of benzene rings is 2. The molecule has 2 aromatic rings. The van der Waals surface area contributed by atoms with E-state index in [-0.39, 0.29) is 18.1 Å². The maximum Gasteiger partial charge on any atom is 0.324 e. The van der Waals surface area contributed by atoms with Gasteiger partial charge in [-0.15, -0.1) is 0 Å². The molecular formula is C29H29N3O5. The number of imide groups is 1. The largest absolute Gasteiger partial charge is 0.480 e. The normalized spacial score (nSPS) is 27.7. The Bertz CT molecular complexity index is 1290. The van der Waals surface area contributed by atoms with Gasteiger partial charge in [0.1, 0.15) is 5.54 Å². The summed E-state index contributed by atoms with van der Waals surface area (Å²) in [5, 5.41) is 23.1. The third-order valence-corrected chi connectivity index (χ3v) is 8.30. The van der Waals surface area contributed by atoms with Crippen LogP contribution in [0.1, 0.15) is 73.0 Å². The molecule has 1 aliphatic carbocycles. The number of carbonyl (C=O) groups is 4. The molecule has 37 heavy (non-hydrogen) atoms. The molecule has 2 saturated heterocycles. The van der Waals surface area contributed by atoms with E-state index in [1.165, 1.54) is 6.92 Å². The lowest BCUT2D eigenvalue weighted by Crippen LogP contribution is -2.57. The van der Waals surface area contributed by atoms with Crippen molar-refractivity contribution in [3.63, 3.8) is 0 Å². The van der Waals surface area contributed by atoms with Crippen LogP contribution in [0.5, 0.6) is 0 Å². The van der Waals surface area contributed by atoms with E-state index in [0.717, 1.165) is 37.0 Å². The molecule has 0 spiro atoms. The summed E-state index contributed by atoms with van der Waals surface area (Å²) in [4.78, 5) is 53.6. The number of rotatable bonds is 6. The maximum atomic E-state index is 13.9. The fourth-order valence-electron chi connectivity index (χ4n) is 6.47. The first-order chi connectivity index (χ1) is 17.8. The zero-order valence-electron chi connectivity index (χ0n) is 20.6. The Kier molecular flexibility index (Phi) is 6.42. The molecule has 2 N–H and O–H groups in total. The number of Topliss-reactive ketones (excluding diaryl/α,β-unsaturated/α-hetero) is 1. The van der Waals surface area contributed by atoms with Crippen molar-refractivity contribution >= 4 is 29.3 Å². The molecule has 2 heterocycles. The highest BCUT2D eigenvalue weighted by Gasteiger charge is 2.68. The van der Waals surface area contributed by atoms with Gasteiger partial charge in [-0.25, -0.2) is 4.90 Å². The average Bonchev–Trinajstić information content (AvgIpc) is 3.38. The van der Waals surface area contributed by atoms with Gasteiger partial charge in [0.25, 0.3) is 0 Å². The van der Waals surface area contributed by atoms with Crippen LogP contribution in [-0.4, -0.2) is 34.2 Å². The van der Waals surface area contributed by atoms with Crippen molar-refractivity contribution in [3.05, 3.63) is 65.2 Å². The average molecular weight is 500 g/mol. The number of ketones is 1. The van der Waals surface area contributed by atoms with Crippen LogP contribution >= 0.6 is 0 Å². The van der Waals surface area contributed by atoms with Crippen molar-refractivity contribution in [1.29, 1.82) is 5.26 Å². The number of fused-ring (bicyclic) bond motifs is 1. The quantitative estimate of drug-likeness (QED) is 0.454. The van der Waals surface area contributed by atoms with Gasteiger partial charge in [-0.05, 0) is 61.2 Å². The van der Waals surface area contributed by atoms with Gasteiger partial charge in [-0.2, -0.15) is 5.26 Å². The monoisotopic (exact) mass is 499 g/mol. The molecule has 5 rings (SSSR count). The molecular weight excluding hydrogens is 470 g/mol. The lowest BCUT2D eigenvalue weighted by Gasteiger charge is -2.35. The van der Waals surface area contributed by atoms with Gasteiger partial charge in [0.2, 0.25) is 11.8 Å². The van der Waals surface area contributed by atoms with Crippen molar-refractivity contribution in [2.75, 3.05) is 4.90 Å². The lowest BCUT2D eigenvalue weighted by atomic mass is 9.72. The maximum absolute atomic E-state index is 13.9. The summed E-state index contributed by atoms with van der Waals surface area (Å²) in [6, 6.07) is 14.3. The Labute approximate surface area is 215 Å². The molecule has 4 unspecified atom stereocenters. The Morgan fingerprint density at radius 2 is 1.68 bits per heavy atom. The Balaban J connectivity index is 1.59. The standard InChI is InChI=1S/C29H29N3O5/c1-17(33)20-11-13-22(14-12-20)32-26(34)23-24(27(32)35)29(28(36)37,15-18-5-3-2-4-6-18)31-25(23)21-9-7-19(16-30)8-10-21/h7-14,18,23-25,31H,2-6,15H2,1H3,(H,36,37). The van der Waals surface area contributed by atoms with E-state index in [4.69, 9.17) is 0 Å². The smallest absolute Gasteiger partial charge is 0.324 e. The van der Waals surface area contributed by atoms with Crippen LogP contribution in [0.15, 0.2) is 48.5 Å². The molecule has 3 aliphatic rings. The van der Waals surface area contributed by atoms with Crippen molar-refractivity contribution in [3.8, 4) is 6.07 Å². The van der Waals surface area contributed by atoms with E-state index in [9.17, 15) is 29.5 Å². The Hall–Kier alpha value is -3.83. The summed E-state index contributed by atoms with van der Waals surface area (Å²) < 4.78 is 0. The molecule has 3 fully saturated rings. The van der Waals surface area contributed by atoms with Crippen molar-refractivity contribution in [2.45, 2.75) is 57.0 Å². The van der Waals surface area contributed by atoms with E-state index in [0.29, 0.717) is 22.4 Å². The van der Waals surface area contributed by atoms with Crippen LogP contribution in [0.25, 0.3) is 0 Å². The zero-order chi connectivity index (χ0) is 26.3. The highest BCUT2D eigenvalue weighted by Crippen LogP contribution is 2.52. The van der Waals surface area contributed by atoms with E-state index in [1.54, 1.807) is 48.5 Å². The Morgan fingerprint density at radius 1 is 1.03 bits per heavy atom. The van der Waals surface area contributed by atoms with Gasteiger partial charge in [0.15, 0.2) is 5.78 Å².